The van der Waals surface area contributed by atoms with E-state index in [0.29, 0.717) is 12.8 Å². The van der Waals surface area contributed by atoms with E-state index in [1.165, 1.54) is 11.1 Å². The number of carbonyl (C=O) groups excluding carboxylic acids is 2. The Balaban J connectivity index is 1.07. The predicted octanol–water partition coefficient (Wildman–Crippen LogP) is 5.50. The monoisotopic (exact) mass is 671 g/mol. The van der Waals surface area contributed by atoms with Crippen molar-refractivity contribution in [3.05, 3.63) is 143 Å². The number of piperidine rings is 1. The van der Waals surface area contributed by atoms with Crippen molar-refractivity contribution in [3.63, 3.8) is 0 Å². The van der Waals surface area contributed by atoms with E-state index in [-0.39, 0.29) is 30.8 Å². The lowest BCUT2D eigenvalue weighted by Crippen LogP contribution is -2.47. The highest BCUT2D eigenvalue weighted by Gasteiger charge is 2.52. The van der Waals surface area contributed by atoms with Gasteiger partial charge in [-0.3, -0.25) is 14.5 Å². The van der Waals surface area contributed by atoms with Gasteiger partial charge < -0.3 is 20.4 Å². The summed E-state index contributed by atoms with van der Waals surface area (Å²) >= 11 is 0. The number of fused-ring (bicyclic) bond motifs is 1. The fourth-order valence-electron chi connectivity index (χ4n) is 8.65. The highest BCUT2D eigenvalue weighted by atomic mass is 16.3. The zero-order valence-electron chi connectivity index (χ0n) is 28.7. The second kappa shape index (κ2) is 15.3. The molecular weight excluding hydrogens is 622 g/mol. The third-order valence-corrected chi connectivity index (χ3v) is 11.3. The Morgan fingerprint density at radius 1 is 0.820 bits per heavy atom. The SMILES string of the molecule is O=C(NC1c2ccccc2CC1O)C(Cc1ccccc1)CC(O)CN1C(=O)C2(CCN(Cc3ccccc3)CC2)CC1Cc1ccccc1. The zero-order valence-corrected chi connectivity index (χ0v) is 28.7. The summed E-state index contributed by atoms with van der Waals surface area (Å²) in [4.78, 5) is 32.8. The van der Waals surface area contributed by atoms with Gasteiger partial charge in [0.25, 0.3) is 0 Å². The molecule has 2 amide bonds. The van der Waals surface area contributed by atoms with Gasteiger partial charge in [0.05, 0.1) is 23.7 Å². The lowest BCUT2D eigenvalue weighted by atomic mass is 9.75. The molecule has 4 aromatic rings. The van der Waals surface area contributed by atoms with E-state index in [1.807, 2.05) is 83.8 Å². The Kier molecular flexibility index (Phi) is 10.5. The maximum atomic E-state index is 14.5. The number of carbonyl (C=O) groups is 2. The van der Waals surface area contributed by atoms with Crippen molar-refractivity contribution >= 4 is 11.8 Å². The number of likely N-dealkylation sites (tertiary alicyclic amines) is 2. The molecule has 2 aliphatic heterocycles. The fraction of sp³-hybridized carbons (Fsp3) is 0.395. The van der Waals surface area contributed by atoms with Gasteiger partial charge in [-0.25, -0.2) is 0 Å². The molecule has 4 aromatic carbocycles. The third kappa shape index (κ3) is 7.70. The summed E-state index contributed by atoms with van der Waals surface area (Å²) in [7, 11) is 0. The number of amides is 2. The van der Waals surface area contributed by atoms with Crippen molar-refractivity contribution in [1.82, 2.24) is 15.1 Å². The Morgan fingerprint density at radius 2 is 1.42 bits per heavy atom. The topological polar surface area (TPSA) is 93.1 Å². The molecule has 0 aromatic heterocycles. The largest absolute Gasteiger partial charge is 0.391 e. The van der Waals surface area contributed by atoms with Crippen molar-refractivity contribution in [3.8, 4) is 0 Å². The molecule has 3 aliphatic rings. The van der Waals surface area contributed by atoms with Crippen LogP contribution in [-0.4, -0.2) is 69.7 Å². The number of aliphatic hydroxyl groups excluding tert-OH is 2. The minimum absolute atomic E-state index is 0.0215. The lowest BCUT2D eigenvalue weighted by molar-refractivity contribution is -0.140. The number of rotatable bonds is 12. The van der Waals surface area contributed by atoms with E-state index >= 15 is 0 Å². The molecule has 7 rings (SSSR count). The van der Waals surface area contributed by atoms with Gasteiger partial charge in [0.2, 0.25) is 11.8 Å². The van der Waals surface area contributed by atoms with Crippen LogP contribution in [-0.2, 0) is 35.4 Å². The van der Waals surface area contributed by atoms with Gasteiger partial charge in [-0.1, -0.05) is 115 Å². The molecule has 5 unspecified atom stereocenters. The second-order valence-electron chi connectivity index (χ2n) is 14.8. The fourth-order valence-corrected chi connectivity index (χ4v) is 8.65. The molecule has 5 atom stereocenters. The first-order valence-electron chi connectivity index (χ1n) is 18.3. The lowest BCUT2D eigenvalue weighted by Gasteiger charge is -2.38. The number of aliphatic hydroxyl groups is 2. The molecule has 0 radical (unpaired) electrons. The van der Waals surface area contributed by atoms with Crippen LogP contribution in [0.2, 0.25) is 0 Å². The Bertz CT molecular complexity index is 1730. The smallest absolute Gasteiger partial charge is 0.229 e. The molecule has 3 N–H and O–H groups in total. The molecule has 7 heteroatoms. The molecule has 0 bridgehead atoms. The molecule has 2 fully saturated rings. The van der Waals surface area contributed by atoms with Crippen LogP contribution in [0.15, 0.2) is 115 Å². The number of nitrogens with zero attached hydrogens (tertiary/aromatic N) is 2. The summed E-state index contributed by atoms with van der Waals surface area (Å²) in [5.74, 6) is -0.580. The van der Waals surface area contributed by atoms with E-state index in [4.69, 9.17) is 0 Å². The molecule has 7 nitrogen and oxygen atoms in total. The summed E-state index contributed by atoms with van der Waals surface area (Å²) in [6.07, 6.45) is 2.71. The summed E-state index contributed by atoms with van der Waals surface area (Å²) in [6, 6.07) is 38.0. The summed E-state index contributed by atoms with van der Waals surface area (Å²) in [5, 5.41) is 25.8. The Morgan fingerprint density at radius 3 is 2.10 bits per heavy atom. The molecule has 0 saturated carbocycles. The normalized spacial score (nSPS) is 22.7. The summed E-state index contributed by atoms with van der Waals surface area (Å²) in [5.41, 5.74) is 5.03. The maximum Gasteiger partial charge on any atom is 0.229 e. The molecular formula is C43H49N3O4. The number of hydrogen-bond acceptors (Lipinski definition) is 5. The van der Waals surface area contributed by atoms with Crippen LogP contribution in [0.1, 0.15) is 59.5 Å². The van der Waals surface area contributed by atoms with Crippen LogP contribution in [0.4, 0.5) is 0 Å². The van der Waals surface area contributed by atoms with Gasteiger partial charge in [0, 0.05) is 31.5 Å². The van der Waals surface area contributed by atoms with Crippen LogP contribution in [0.25, 0.3) is 0 Å². The highest BCUT2D eigenvalue weighted by molar-refractivity contribution is 5.86. The number of benzene rings is 4. The van der Waals surface area contributed by atoms with Crippen molar-refractivity contribution in [2.75, 3.05) is 19.6 Å². The van der Waals surface area contributed by atoms with Crippen LogP contribution >= 0.6 is 0 Å². The Labute approximate surface area is 296 Å². The van der Waals surface area contributed by atoms with Gasteiger partial charge in [-0.15, -0.1) is 0 Å². The molecule has 2 heterocycles. The summed E-state index contributed by atoms with van der Waals surface area (Å²) < 4.78 is 0. The van der Waals surface area contributed by atoms with Crippen molar-refractivity contribution in [2.45, 2.75) is 75.8 Å². The Hall–Kier alpha value is -4.30. The molecule has 2 saturated heterocycles. The van der Waals surface area contributed by atoms with Crippen molar-refractivity contribution in [2.24, 2.45) is 11.3 Å². The number of β-amino-alcohol motifs (C(OH)–C–C–N with tert-alkyl or cyclic N) is 1. The van der Waals surface area contributed by atoms with Crippen LogP contribution in [0.5, 0.6) is 0 Å². The summed E-state index contributed by atoms with van der Waals surface area (Å²) in [6.45, 7) is 2.81. The van der Waals surface area contributed by atoms with E-state index in [9.17, 15) is 19.8 Å². The van der Waals surface area contributed by atoms with E-state index in [0.717, 1.165) is 62.0 Å². The molecule has 260 valence electrons. The number of hydrogen-bond donors (Lipinski definition) is 3. The van der Waals surface area contributed by atoms with Gasteiger partial charge in [-0.05, 0) is 79.4 Å². The van der Waals surface area contributed by atoms with Crippen LogP contribution in [0.3, 0.4) is 0 Å². The minimum Gasteiger partial charge on any atom is -0.391 e. The van der Waals surface area contributed by atoms with Crippen LogP contribution < -0.4 is 5.32 Å². The average molecular weight is 672 g/mol. The van der Waals surface area contributed by atoms with Gasteiger partial charge >= 0.3 is 0 Å². The minimum atomic E-state index is -0.884. The third-order valence-electron chi connectivity index (χ3n) is 11.3. The van der Waals surface area contributed by atoms with Crippen molar-refractivity contribution < 1.29 is 19.8 Å². The number of nitrogens with one attached hydrogen (secondary N) is 1. The molecule has 50 heavy (non-hydrogen) atoms. The second-order valence-corrected chi connectivity index (χ2v) is 14.8. The van der Waals surface area contributed by atoms with Crippen LogP contribution in [0, 0.1) is 11.3 Å². The highest BCUT2D eigenvalue weighted by Crippen LogP contribution is 2.46. The first-order valence-corrected chi connectivity index (χ1v) is 18.3. The molecule has 1 aliphatic carbocycles. The van der Waals surface area contributed by atoms with Gasteiger partial charge in [-0.2, -0.15) is 0 Å². The average Bonchev–Trinajstić information content (AvgIpc) is 3.58. The first-order chi connectivity index (χ1) is 24.4. The standard InChI is InChI=1S/C43H49N3O4/c47-37(26-35(24-31-12-4-1-5-13-31)41(49)44-40-38-19-11-10-18-34(38)27-39(40)48)30-46-36(25-32-14-6-2-7-15-32)28-43(42(46)50)20-22-45(23-21-43)29-33-16-8-3-9-17-33/h1-19,35-37,39-40,47-48H,20-30H2,(H,44,49). The van der Waals surface area contributed by atoms with E-state index in [1.54, 1.807) is 0 Å². The predicted molar refractivity (Wildman–Crippen MR) is 195 cm³/mol. The maximum absolute atomic E-state index is 14.5. The first kappa shape index (κ1) is 34.2. The van der Waals surface area contributed by atoms with E-state index < -0.39 is 29.6 Å². The van der Waals surface area contributed by atoms with E-state index in [2.05, 4.69) is 46.6 Å². The molecule has 1 spiro atoms. The zero-order chi connectivity index (χ0) is 34.5. The van der Waals surface area contributed by atoms with Crippen molar-refractivity contribution in [1.29, 1.82) is 0 Å². The van der Waals surface area contributed by atoms with Gasteiger partial charge in [0.1, 0.15) is 0 Å². The quantitative estimate of drug-likeness (QED) is 0.185. The van der Waals surface area contributed by atoms with Gasteiger partial charge in [0.15, 0.2) is 0 Å².